The number of fused-ring (bicyclic) bond motifs is 1. The number of ether oxygens (including phenoxy) is 1. The maximum Gasteiger partial charge on any atom is 0.341 e. The first kappa shape index (κ1) is 14.8. The normalized spacial score (nSPS) is 17.5. The Morgan fingerprint density at radius 1 is 1.44 bits per heavy atom. The van der Waals surface area contributed by atoms with Crippen molar-refractivity contribution in [2.24, 2.45) is 11.7 Å². The van der Waals surface area contributed by atoms with Crippen LogP contribution in [-0.4, -0.2) is 24.2 Å². The zero-order chi connectivity index (χ0) is 12.3. The van der Waals surface area contributed by atoms with Gasteiger partial charge in [-0.3, -0.25) is 0 Å². The number of nitrogens with two attached hydrogens (primary N) is 1. The molecule has 1 aliphatic carbocycles. The molecule has 1 aliphatic rings. The Hall–Kier alpha value is -1.26. The number of rotatable bonds is 4. The Labute approximate surface area is 113 Å². The van der Waals surface area contributed by atoms with Crippen LogP contribution in [0.25, 0.3) is 0 Å². The monoisotopic (exact) mass is 271 g/mol. The number of carboxylic acid groups (broad SMARTS) is 1. The SMILES string of the molecule is Cl.NC[C@H]1CCc2ccc(OCC(=O)O)cc2C1. The molecule has 1 aromatic carbocycles. The molecule has 0 radical (unpaired) electrons. The Kier molecular flexibility index (Phi) is 5.44. The molecule has 2 rings (SSSR count). The molecule has 0 aliphatic heterocycles. The summed E-state index contributed by atoms with van der Waals surface area (Å²) in [5, 5.41) is 8.55. The van der Waals surface area contributed by atoms with E-state index in [1.165, 1.54) is 11.1 Å². The van der Waals surface area contributed by atoms with Gasteiger partial charge < -0.3 is 15.6 Å². The number of carboxylic acids is 1. The van der Waals surface area contributed by atoms with Crippen molar-refractivity contribution in [2.45, 2.75) is 19.3 Å². The minimum Gasteiger partial charge on any atom is -0.482 e. The van der Waals surface area contributed by atoms with E-state index in [1.807, 2.05) is 18.2 Å². The second-order valence-electron chi connectivity index (χ2n) is 4.46. The first-order valence-corrected chi connectivity index (χ1v) is 5.85. The highest BCUT2D eigenvalue weighted by Crippen LogP contribution is 2.28. The lowest BCUT2D eigenvalue weighted by Gasteiger charge is -2.23. The Morgan fingerprint density at radius 2 is 2.22 bits per heavy atom. The number of benzene rings is 1. The maximum absolute atomic E-state index is 10.4. The molecule has 0 saturated heterocycles. The van der Waals surface area contributed by atoms with Crippen molar-refractivity contribution in [1.29, 1.82) is 0 Å². The van der Waals surface area contributed by atoms with Crippen LogP contribution in [0.3, 0.4) is 0 Å². The molecule has 1 aromatic rings. The van der Waals surface area contributed by atoms with Crippen molar-refractivity contribution >= 4 is 18.4 Å². The number of carbonyl (C=O) groups is 1. The van der Waals surface area contributed by atoms with Gasteiger partial charge in [0.05, 0.1) is 0 Å². The van der Waals surface area contributed by atoms with E-state index < -0.39 is 5.97 Å². The molecule has 0 spiro atoms. The molecule has 100 valence electrons. The van der Waals surface area contributed by atoms with Gasteiger partial charge in [-0.1, -0.05) is 6.07 Å². The lowest BCUT2D eigenvalue weighted by atomic mass is 9.84. The summed E-state index contributed by atoms with van der Waals surface area (Å²) in [6.45, 7) is 0.415. The third kappa shape index (κ3) is 3.62. The van der Waals surface area contributed by atoms with Gasteiger partial charge >= 0.3 is 5.97 Å². The van der Waals surface area contributed by atoms with Crippen LogP contribution in [-0.2, 0) is 17.6 Å². The van der Waals surface area contributed by atoms with Crippen LogP contribution in [0.4, 0.5) is 0 Å². The Bertz CT molecular complexity index is 423. The van der Waals surface area contributed by atoms with Gasteiger partial charge in [0.1, 0.15) is 5.75 Å². The highest BCUT2D eigenvalue weighted by Gasteiger charge is 2.17. The number of halogens is 1. The lowest BCUT2D eigenvalue weighted by Crippen LogP contribution is -2.22. The largest absolute Gasteiger partial charge is 0.482 e. The summed E-state index contributed by atoms with van der Waals surface area (Å²) >= 11 is 0. The summed E-state index contributed by atoms with van der Waals surface area (Å²) in [6, 6.07) is 5.81. The third-order valence-corrected chi connectivity index (χ3v) is 3.20. The molecule has 0 bridgehead atoms. The number of hydrogen-bond acceptors (Lipinski definition) is 3. The number of aliphatic carboxylic acids is 1. The van der Waals surface area contributed by atoms with Gasteiger partial charge in [-0.15, -0.1) is 12.4 Å². The van der Waals surface area contributed by atoms with E-state index in [1.54, 1.807) is 0 Å². The van der Waals surface area contributed by atoms with Crippen LogP contribution in [0, 0.1) is 5.92 Å². The molecule has 18 heavy (non-hydrogen) atoms. The van der Waals surface area contributed by atoms with E-state index >= 15 is 0 Å². The molecule has 0 heterocycles. The second-order valence-corrected chi connectivity index (χ2v) is 4.46. The van der Waals surface area contributed by atoms with Crippen LogP contribution in [0.1, 0.15) is 17.5 Å². The number of aryl methyl sites for hydroxylation is 1. The first-order chi connectivity index (χ1) is 8.19. The van der Waals surface area contributed by atoms with Crippen molar-refractivity contribution in [3.05, 3.63) is 29.3 Å². The molecule has 3 N–H and O–H groups in total. The Morgan fingerprint density at radius 3 is 2.89 bits per heavy atom. The van der Waals surface area contributed by atoms with Crippen molar-refractivity contribution in [2.75, 3.05) is 13.2 Å². The molecule has 4 nitrogen and oxygen atoms in total. The Balaban J connectivity index is 0.00000162. The van der Waals surface area contributed by atoms with E-state index in [4.69, 9.17) is 15.6 Å². The highest BCUT2D eigenvalue weighted by atomic mass is 35.5. The van der Waals surface area contributed by atoms with Crippen LogP contribution in [0.5, 0.6) is 5.75 Å². The molecule has 0 amide bonds. The fourth-order valence-electron chi connectivity index (χ4n) is 2.24. The van der Waals surface area contributed by atoms with Gasteiger partial charge in [0, 0.05) is 0 Å². The minimum atomic E-state index is -0.956. The van der Waals surface area contributed by atoms with E-state index in [-0.39, 0.29) is 19.0 Å². The fraction of sp³-hybridized carbons (Fsp3) is 0.462. The van der Waals surface area contributed by atoms with Gasteiger partial charge in [0.2, 0.25) is 0 Å². The fourth-order valence-corrected chi connectivity index (χ4v) is 2.24. The average molecular weight is 272 g/mol. The standard InChI is InChI=1S/C13H17NO3.ClH/c14-7-9-1-2-10-3-4-12(6-11(10)5-9)17-8-13(15)16;/h3-4,6,9H,1-2,5,7-8,14H2,(H,15,16);1H/t9-;/m0./s1. The third-order valence-electron chi connectivity index (χ3n) is 3.20. The molecule has 0 fully saturated rings. The molecule has 0 aromatic heterocycles. The summed E-state index contributed by atoms with van der Waals surface area (Å²) in [5.41, 5.74) is 8.26. The zero-order valence-corrected chi connectivity index (χ0v) is 10.9. The van der Waals surface area contributed by atoms with Gasteiger partial charge in [-0.2, -0.15) is 0 Å². The van der Waals surface area contributed by atoms with E-state index in [0.29, 0.717) is 18.2 Å². The quantitative estimate of drug-likeness (QED) is 0.873. The van der Waals surface area contributed by atoms with Gasteiger partial charge in [-0.25, -0.2) is 4.79 Å². The van der Waals surface area contributed by atoms with Crippen molar-refractivity contribution in [1.82, 2.24) is 0 Å². The maximum atomic E-state index is 10.4. The lowest BCUT2D eigenvalue weighted by molar-refractivity contribution is -0.139. The smallest absolute Gasteiger partial charge is 0.341 e. The van der Waals surface area contributed by atoms with Crippen LogP contribution >= 0.6 is 12.4 Å². The van der Waals surface area contributed by atoms with Gasteiger partial charge in [0.15, 0.2) is 6.61 Å². The molecular formula is C13H18ClNO3. The van der Waals surface area contributed by atoms with Crippen molar-refractivity contribution in [3.63, 3.8) is 0 Å². The van der Waals surface area contributed by atoms with E-state index in [0.717, 1.165) is 19.3 Å². The van der Waals surface area contributed by atoms with Crippen molar-refractivity contribution in [3.8, 4) is 5.75 Å². The molecule has 1 atom stereocenters. The highest BCUT2D eigenvalue weighted by molar-refractivity contribution is 5.85. The summed E-state index contributed by atoms with van der Waals surface area (Å²) in [6.07, 6.45) is 3.16. The van der Waals surface area contributed by atoms with E-state index in [2.05, 4.69) is 0 Å². The second kappa shape index (κ2) is 6.61. The van der Waals surface area contributed by atoms with Crippen molar-refractivity contribution < 1.29 is 14.6 Å². The summed E-state index contributed by atoms with van der Waals surface area (Å²) in [7, 11) is 0. The predicted molar refractivity (Wildman–Crippen MR) is 71.4 cm³/mol. The van der Waals surface area contributed by atoms with Crippen LogP contribution in [0.15, 0.2) is 18.2 Å². The molecule has 5 heteroatoms. The molecule has 0 saturated carbocycles. The molecule has 0 unspecified atom stereocenters. The van der Waals surface area contributed by atoms with Crippen LogP contribution in [0.2, 0.25) is 0 Å². The summed E-state index contributed by atoms with van der Waals surface area (Å²) in [4.78, 5) is 10.4. The summed E-state index contributed by atoms with van der Waals surface area (Å²) in [5.74, 6) is 0.212. The topological polar surface area (TPSA) is 72.5 Å². The van der Waals surface area contributed by atoms with Gasteiger partial charge in [0.25, 0.3) is 0 Å². The van der Waals surface area contributed by atoms with E-state index in [9.17, 15) is 4.79 Å². The van der Waals surface area contributed by atoms with Gasteiger partial charge in [-0.05, 0) is 55.0 Å². The predicted octanol–water partition coefficient (Wildman–Crippen LogP) is 1.64. The number of hydrogen-bond donors (Lipinski definition) is 2. The molecular weight excluding hydrogens is 254 g/mol. The summed E-state index contributed by atoms with van der Waals surface area (Å²) < 4.78 is 5.17. The average Bonchev–Trinajstić information content (AvgIpc) is 2.35. The zero-order valence-electron chi connectivity index (χ0n) is 10.1. The first-order valence-electron chi connectivity index (χ1n) is 5.85. The minimum absolute atomic E-state index is 0. The van der Waals surface area contributed by atoms with Crippen LogP contribution < -0.4 is 10.5 Å².